The van der Waals surface area contributed by atoms with Crippen molar-refractivity contribution in [3.05, 3.63) is 53.4 Å². The summed E-state index contributed by atoms with van der Waals surface area (Å²) >= 11 is 2.77. The van der Waals surface area contributed by atoms with Gasteiger partial charge in [0, 0.05) is 35.0 Å². The molecule has 2 aromatic rings. The smallest absolute Gasteiger partial charge is 0.276 e. The summed E-state index contributed by atoms with van der Waals surface area (Å²) in [5.41, 5.74) is 6.97. The van der Waals surface area contributed by atoms with Gasteiger partial charge in [0.1, 0.15) is 17.1 Å². The molecule has 0 bridgehead atoms. The Labute approximate surface area is 187 Å². The van der Waals surface area contributed by atoms with E-state index in [1.807, 2.05) is 36.8 Å². The van der Waals surface area contributed by atoms with Gasteiger partial charge in [-0.25, -0.2) is 9.55 Å². The fourth-order valence-corrected chi connectivity index (χ4v) is 4.97. The highest BCUT2D eigenvalue weighted by Crippen LogP contribution is 2.36. The number of β-lactam (4-membered cyclic amide) rings is 1. The Bertz CT molecular complexity index is 1090. The number of amides is 2. The third kappa shape index (κ3) is 4.55. The van der Waals surface area contributed by atoms with Crippen molar-refractivity contribution in [3.63, 3.8) is 0 Å². The SMILES string of the molecule is C#CCO/N=C(/C(=O)NC1C(=O)N2C=C(C[n+]3ccccc3)CS[C@H]12)c1csc(N)n1. The normalized spacial score (nSPS) is 20.2. The molecule has 4 heterocycles. The second-order valence-corrected chi connectivity index (χ2v) is 8.72. The van der Waals surface area contributed by atoms with E-state index in [9.17, 15) is 9.59 Å². The lowest BCUT2D eigenvalue weighted by atomic mass is 10.1. The molecule has 158 valence electrons. The number of pyridine rings is 1. The summed E-state index contributed by atoms with van der Waals surface area (Å²) in [6.45, 7) is 0.605. The Kier molecular flexibility index (Phi) is 6.20. The maximum Gasteiger partial charge on any atom is 0.276 e. The van der Waals surface area contributed by atoms with Crippen LogP contribution in [-0.2, 0) is 21.0 Å². The molecule has 0 spiro atoms. The second kappa shape index (κ2) is 9.20. The van der Waals surface area contributed by atoms with Crippen LogP contribution in [0.5, 0.6) is 0 Å². The predicted molar refractivity (Wildman–Crippen MR) is 118 cm³/mol. The molecule has 1 unspecified atom stereocenters. The van der Waals surface area contributed by atoms with E-state index in [1.54, 1.807) is 22.0 Å². The molecule has 31 heavy (non-hydrogen) atoms. The van der Waals surface area contributed by atoms with Crippen LogP contribution in [0.15, 0.2) is 52.9 Å². The van der Waals surface area contributed by atoms with Gasteiger partial charge in [-0.1, -0.05) is 17.1 Å². The minimum Gasteiger partial charge on any atom is -0.382 e. The lowest BCUT2D eigenvalue weighted by molar-refractivity contribution is -0.689. The van der Waals surface area contributed by atoms with E-state index in [2.05, 4.69) is 25.9 Å². The van der Waals surface area contributed by atoms with E-state index in [4.69, 9.17) is 17.0 Å². The van der Waals surface area contributed by atoms with Gasteiger partial charge in [0.15, 0.2) is 36.4 Å². The minimum absolute atomic E-state index is 0.0769. The molecule has 3 N–H and O–H groups in total. The third-order valence-corrected chi connectivity index (χ3v) is 6.63. The van der Waals surface area contributed by atoms with E-state index in [1.165, 1.54) is 11.3 Å². The number of anilines is 1. The van der Waals surface area contributed by atoms with E-state index in [0.29, 0.717) is 6.54 Å². The lowest BCUT2D eigenvalue weighted by Crippen LogP contribution is -2.69. The Hall–Kier alpha value is -3.36. The topological polar surface area (TPSA) is 114 Å². The van der Waals surface area contributed by atoms with Gasteiger partial charge in [-0.3, -0.25) is 9.59 Å². The number of rotatable bonds is 7. The first kappa shape index (κ1) is 20.9. The molecule has 0 aliphatic carbocycles. The van der Waals surface area contributed by atoms with Crippen LogP contribution in [0.25, 0.3) is 0 Å². The molecule has 2 amide bonds. The van der Waals surface area contributed by atoms with Gasteiger partial charge >= 0.3 is 0 Å². The van der Waals surface area contributed by atoms with Crippen LogP contribution in [0.3, 0.4) is 0 Å². The number of oxime groups is 1. The standard InChI is InChI=1S/C20H18N6O3S2/c1-2-8-29-24-15(14-12-31-20(21)22-14)17(27)23-16-18(28)26-10-13(11-30-19(16)26)9-25-6-4-3-5-7-25/h1,3-7,10,12,16,19H,8-9,11H2,(H2-,21,22,23,27)/p+1/b24-15+/t16?,19-/m1/s1. The van der Waals surface area contributed by atoms with Crippen molar-refractivity contribution in [2.75, 3.05) is 18.1 Å². The highest BCUT2D eigenvalue weighted by atomic mass is 32.2. The Morgan fingerprint density at radius 3 is 2.97 bits per heavy atom. The number of nitrogen functional groups attached to an aromatic ring is 1. The van der Waals surface area contributed by atoms with Gasteiger partial charge in [-0.2, -0.15) is 0 Å². The third-order valence-electron chi connectivity index (χ3n) is 4.57. The molecule has 2 atom stereocenters. The predicted octanol–water partition coefficient (Wildman–Crippen LogP) is 0.351. The largest absolute Gasteiger partial charge is 0.382 e. The number of nitrogens with zero attached hydrogens (tertiary/aromatic N) is 4. The molecule has 0 aromatic carbocycles. The average molecular weight is 456 g/mol. The van der Waals surface area contributed by atoms with Crippen LogP contribution in [0, 0.1) is 12.3 Å². The molecule has 2 aromatic heterocycles. The number of fused-ring (bicyclic) bond motifs is 1. The van der Waals surface area contributed by atoms with Crippen LogP contribution in [0.2, 0.25) is 0 Å². The van der Waals surface area contributed by atoms with Gasteiger partial charge in [0.05, 0.1) is 0 Å². The van der Waals surface area contributed by atoms with Crippen LogP contribution in [-0.4, -0.2) is 51.2 Å². The van der Waals surface area contributed by atoms with E-state index in [0.717, 1.165) is 11.3 Å². The molecule has 2 aliphatic heterocycles. The van der Waals surface area contributed by atoms with Gasteiger partial charge < -0.3 is 20.8 Å². The van der Waals surface area contributed by atoms with Crippen molar-refractivity contribution >= 4 is 45.8 Å². The van der Waals surface area contributed by atoms with Crippen molar-refractivity contribution < 1.29 is 19.0 Å². The maximum absolute atomic E-state index is 12.8. The van der Waals surface area contributed by atoms with E-state index >= 15 is 0 Å². The number of thiazole rings is 1. The van der Waals surface area contributed by atoms with E-state index < -0.39 is 11.9 Å². The maximum atomic E-state index is 12.8. The highest BCUT2D eigenvalue weighted by Gasteiger charge is 2.50. The number of carbonyl (C=O) groups excluding carboxylic acids is 2. The Morgan fingerprint density at radius 2 is 2.26 bits per heavy atom. The second-order valence-electron chi connectivity index (χ2n) is 6.72. The van der Waals surface area contributed by atoms with Crippen molar-refractivity contribution in [3.8, 4) is 12.3 Å². The summed E-state index contributed by atoms with van der Waals surface area (Å²) in [5.74, 6) is 2.28. The zero-order chi connectivity index (χ0) is 21.8. The van der Waals surface area contributed by atoms with E-state index in [-0.39, 0.29) is 34.4 Å². The summed E-state index contributed by atoms with van der Waals surface area (Å²) in [6.07, 6.45) is 11.0. The van der Waals surface area contributed by atoms with Gasteiger partial charge in [-0.15, -0.1) is 29.5 Å². The van der Waals surface area contributed by atoms with Crippen molar-refractivity contribution in [2.45, 2.75) is 18.0 Å². The quantitative estimate of drug-likeness (QED) is 0.156. The van der Waals surface area contributed by atoms with Crippen LogP contribution in [0.4, 0.5) is 5.13 Å². The molecule has 0 radical (unpaired) electrons. The Balaban J connectivity index is 1.43. The average Bonchev–Trinajstić information content (AvgIpc) is 3.21. The molecule has 0 saturated carbocycles. The fourth-order valence-electron chi connectivity index (χ4n) is 3.16. The number of terminal acetylenes is 1. The zero-order valence-corrected chi connectivity index (χ0v) is 17.9. The first-order valence-electron chi connectivity index (χ1n) is 9.30. The fraction of sp³-hybridized carbons (Fsp3) is 0.250. The molecule has 11 heteroatoms. The summed E-state index contributed by atoms with van der Waals surface area (Å²) in [7, 11) is 0. The first-order chi connectivity index (χ1) is 15.1. The molecule has 1 fully saturated rings. The van der Waals surface area contributed by atoms with Gasteiger partial charge in [0.25, 0.3) is 11.8 Å². The summed E-state index contributed by atoms with van der Waals surface area (Å²) in [6, 6.07) is 5.22. The zero-order valence-electron chi connectivity index (χ0n) is 16.3. The number of hydrogen-bond acceptors (Lipinski definition) is 8. The highest BCUT2D eigenvalue weighted by molar-refractivity contribution is 8.00. The molecular weight excluding hydrogens is 436 g/mol. The van der Waals surface area contributed by atoms with Crippen LogP contribution < -0.4 is 15.6 Å². The number of nitrogens with one attached hydrogen (secondary N) is 1. The minimum atomic E-state index is -0.659. The monoisotopic (exact) mass is 455 g/mol. The lowest BCUT2D eigenvalue weighted by Gasteiger charge is -2.47. The molecular formula is C20H19N6O3S2+. The molecule has 1 saturated heterocycles. The van der Waals surface area contributed by atoms with Gasteiger partial charge in [0.2, 0.25) is 0 Å². The number of aromatic nitrogens is 2. The van der Waals surface area contributed by atoms with Gasteiger partial charge in [-0.05, 0) is 0 Å². The summed E-state index contributed by atoms with van der Waals surface area (Å²) < 4.78 is 2.05. The molecule has 4 rings (SSSR count). The summed E-state index contributed by atoms with van der Waals surface area (Å²) in [5, 5.41) is 8.25. The van der Waals surface area contributed by atoms with Crippen LogP contribution >= 0.6 is 23.1 Å². The summed E-state index contributed by atoms with van der Waals surface area (Å²) in [4.78, 5) is 36.2. The number of thioether (sulfide) groups is 1. The number of hydrogen-bond donors (Lipinski definition) is 2. The number of nitrogens with two attached hydrogens (primary N) is 1. The van der Waals surface area contributed by atoms with Crippen molar-refractivity contribution in [1.82, 2.24) is 15.2 Å². The Morgan fingerprint density at radius 1 is 1.45 bits per heavy atom. The van der Waals surface area contributed by atoms with Crippen LogP contribution in [0.1, 0.15) is 5.69 Å². The molecule has 9 nitrogen and oxygen atoms in total. The van der Waals surface area contributed by atoms with Crippen molar-refractivity contribution in [2.24, 2.45) is 5.16 Å². The van der Waals surface area contributed by atoms with Crippen molar-refractivity contribution in [1.29, 1.82) is 0 Å². The first-order valence-corrected chi connectivity index (χ1v) is 11.2. The molecule has 2 aliphatic rings. The number of carbonyl (C=O) groups is 2.